The number of urea groups is 1. The molecule has 6 nitrogen and oxygen atoms in total. The van der Waals surface area contributed by atoms with Gasteiger partial charge in [0, 0.05) is 33.1 Å². The second-order valence-electron chi connectivity index (χ2n) is 4.62. The largest absolute Gasteiger partial charge is 0.354 e. The lowest BCUT2D eigenvalue weighted by molar-refractivity contribution is -0.126. The van der Waals surface area contributed by atoms with Crippen molar-refractivity contribution in [3.8, 4) is 0 Å². The van der Waals surface area contributed by atoms with Gasteiger partial charge in [0.25, 0.3) is 0 Å². The third-order valence-electron chi connectivity index (χ3n) is 3.04. The molecule has 0 saturated carbocycles. The minimum absolute atomic E-state index is 0.0424. The maximum Gasteiger partial charge on any atom is 0.316 e. The van der Waals surface area contributed by atoms with E-state index in [9.17, 15) is 9.59 Å². The summed E-state index contributed by atoms with van der Waals surface area (Å²) >= 11 is 0. The molecule has 0 aromatic carbocycles. The van der Waals surface area contributed by atoms with Crippen LogP contribution in [0, 0.1) is 11.8 Å². The highest BCUT2D eigenvalue weighted by Gasteiger charge is 2.28. The molecule has 1 aliphatic rings. The van der Waals surface area contributed by atoms with Gasteiger partial charge in [-0.3, -0.25) is 4.79 Å². The minimum Gasteiger partial charge on any atom is -0.354 e. The van der Waals surface area contributed by atoms with Gasteiger partial charge in [0.05, 0.1) is 0 Å². The number of rotatable bonds is 5. The Hall–Kier alpha value is -1.30. The van der Waals surface area contributed by atoms with Gasteiger partial charge in [-0.05, 0) is 19.0 Å². The molecule has 3 N–H and O–H groups in total. The summed E-state index contributed by atoms with van der Waals surface area (Å²) in [5.41, 5.74) is 0. The van der Waals surface area contributed by atoms with E-state index in [1.54, 1.807) is 14.1 Å². The van der Waals surface area contributed by atoms with E-state index in [0.717, 1.165) is 13.1 Å². The third-order valence-corrected chi connectivity index (χ3v) is 3.04. The van der Waals surface area contributed by atoms with Gasteiger partial charge in [0.1, 0.15) is 0 Å². The fourth-order valence-corrected chi connectivity index (χ4v) is 1.55. The highest BCUT2D eigenvalue weighted by Crippen LogP contribution is 2.15. The van der Waals surface area contributed by atoms with E-state index in [-0.39, 0.29) is 17.9 Å². The van der Waals surface area contributed by atoms with E-state index in [4.69, 9.17) is 0 Å². The fraction of sp³-hybridized carbons (Fsp3) is 0.818. The highest BCUT2D eigenvalue weighted by atomic mass is 16.2. The van der Waals surface area contributed by atoms with Crippen molar-refractivity contribution in [1.82, 2.24) is 20.9 Å². The molecule has 1 atom stereocenters. The Morgan fingerprint density at radius 2 is 1.88 bits per heavy atom. The topological polar surface area (TPSA) is 73.5 Å². The van der Waals surface area contributed by atoms with Crippen molar-refractivity contribution in [2.75, 3.05) is 40.3 Å². The quantitative estimate of drug-likeness (QED) is 0.554. The van der Waals surface area contributed by atoms with Gasteiger partial charge in [-0.2, -0.15) is 0 Å². The second kappa shape index (κ2) is 6.44. The fourth-order valence-electron chi connectivity index (χ4n) is 1.55. The van der Waals surface area contributed by atoms with Crippen LogP contribution < -0.4 is 16.0 Å². The predicted molar refractivity (Wildman–Crippen MR) is 65.6 cm³/mol. The summed E-state index contributed by atoms with van der Waals surface area (Å²) in [5.74, 6) is 0.558. The summed E-state index contributed by atoms with van der Waals surface area (Å²) in [6, 6.07) is -0.143. The van der Waals surface area contributed by atoms with Crippen LogP contribution in [0.2, 0.25) is 0 Å². The van der Waals surface area contributed by atoms with Crippen LogP contribution in [0.25, 0.3) is 0 Å². The first-order chi connectivity index (χ1) is 8.02. The van der Waals surface area contributed by atoms with Gasteiger partial charge in [0.15, 0.2) is 0 Å². The lowest BCUT2D eigenvalue weighted by Gasteiger charge is -2.31. The van der Waals surface area contributed by atoms with Crippen LogP contribution in [-0.4, -0.2) is 57.1 Å². The Morgan fingerprint density at radius 1 is 1.29 bits per heavy atom. The summed E-state index contributed by atoms with van der Waals surface area (Å²) in [6.07, 6.45) is 0. The maximum absolute atomic E-state index is 11.7. The molecule has 0 spiro atoms. The van der Waals surface area contributed by atoms with Crippen LogP contribution in [0.5, 0.6) is 0 Å². The molecule has 6 heteroatoms. The number of nitrogens with zero attached hydrogens (tertiary/aromatic N) is 1. The van der Waals surface area contributed by atoms with E-state index < -0.39 is 0 Å². The van der Waals surface area contributed by atoms with Gasteiger partial charge in [-0.25, -0.2) is 4.79 Å². The van der Waals surface area contributed by atoms with Crippen LogP contribution >= 0.6 is 0 Å². The van der Waals surface area contributed by atoms with E-state index in [2.05, 4.69) is 16.0 Å². The van der Waals surface area contributed by atoms with Crippen molar-refractivity contribution < 1.29 is 9.59 Å². The smallest absolute Gasteiger partial charge is 0.316 e. The second-order valence-corrected chi connectivity index (χ2v) is 4.62. The summed E-state index contributed by atoms with van der Waals surface area (Å²) in [5, 5.41) is 8.67. The molecular weight excluding hydrogens is 220 g/mol. The van der Waals surface area contributed by atoms with Crippen molar-refractivity contribution in [3.63, 3.8) is 0 Å². The highest BCUT2D eigenvalue weighted by molar-refractivity contribution is 5.79. The summed E-state index contributed by atoms with van der Waals surface area (Å²) in [7, 11) is 3.36. The number of carbonyl (C=O) groups excluding carboxylic acids is 2. The van der Waals surface area contributed by atoms with E-state index in [1.807, 2.05) is 6.92 Å². The Bertz CT molecular complexity index is 277. The van der Waals surface area contributed by atoms with Crippen LogP contribution in [0.4, 0.5) is 4.79 Å². The molecule has 1 heterocycles. The van der Waals surface area contributed by atoms with E-state index in [0.29, 0.717) is 19.0 Å². The minimum atomic E-state index is -0.143. The van der Waals surface area contributed by atoms with Crippen molar-refractivity contribution in [3.05, 3.63) is 0 Å². The van der Waals surface area contributed by atoms with E-state index in [1.165, 1.54) is 4.90 Å². The van der Waals surface area contributed by atoms with Crippen molar-refractivity contribution in [1.29, 1.82) is 0 Å². The summed E-state index contributed by atoms with van der Waals surface area (Å²) in [4.78, 5) is 24.3. The molecule has 1 unspecified atom stereocenters. The van der Waals surface area contributed by atoms with E-state index >= 15 is 0 Å². The Kier molecular flexibility index (Phi) is 5.21. The average molecular weight is 242 g/mol. The zero-order chi connectivity index (χ0) is 12.8. The lowest BCUT2D eigenvalue weighted by Crippen LogP contribution is -2.50. The molecule has 1 fully saturated rings. The number of hydrogen-bond donors (Lipinski definition) is 3. The van der Waals surface area contributed by atoms with Crippen molar-refractivity contribution in [2.24, 2.45) is 11.8 Å². The molecule has 0 aliphatic carbocycles. The molecular formula is C11H22N4O2. The zero-order valence-electron chi connectivity index (χ0n) is 10.7. The number of carbonyl (C=O) groups is 2. The Labute approximate surface area is 102 Å². The maximum atomic E-state index is 11.7. The molecule has 0 bridgehead atoms. The van der Waals surface area contributed by atoms with Gasteiger partial charge in [-0.1, -0.05) is 6.92 Å². The average Bonchev–Trinajstić information content (AvgIpc) is 2.20. The molecule has 1 saturated heterocycles. The molecule has 3 amide bonds. The van der Waals surface area contributed by atoms with Crippen LogP contribution in [-0.2, 0) is 4.79 Å². The van der Waals surface area contributed by atoms with Crippen molar-refractivity contribution >= 4 is 11.9 Å². The third kappa shape index (κ3) is 4.22. The standard InChI is InChI=1S/C11H22N4O2/c1-8(9-6-12-7-9)10(16)13-4-5-14-11(17)15(2)3/h8-9,12H,4-7H2,1-3H3,(H,13,16)(H,14,17). The molecule has 1 rings (SSSR count). The Morgan fingerprint density at radius 3 is 2.35 bits per heavy atom. The van der Waals surface area contributed by atoms with Gasteiger partial charge < -0.3 is 20.9 Å². The lowest BCUT2D eigenvalue weighted by atomic mass is 9.88. The number of hydrogen-bond acceptors (Lipinski definition) is 3. The predicted octanol–water partition coefficient (Wildman–Crippen LogP) is -0.771. The molecule has 17 heavy (non-hydrogen) atoms. The van der Waals surface area contributed by atoms with Crippen LogP contribution in [0.15, 0.2) is 0 Å². The molecule has 0 aromatic heterocycles. The monoisotopic (exact) mass is 242 g/mol. The van der Waals surface area contributed by atoms with Gasteiger partial charge in [-0.15, -0.1) is 0 Å². The van der Waals surface area contributed by atoms with Crippen LogP contribution in [0.3, 0.4) is 0 Å². The first-order valence-corrected chi connectivity index (χ1v) is 5.96. The first kappa shape index (κ1) is 13.8. The first-order valence-electron chi connectivity index (χ1n) is 5.96. The Balaban J connectivity index is 2.09. The summed E-state index contributed by atoms with van der Waals surface area (Å²) < 4.78 is 0. The molecule has 1 aliphatic heterocycles. The SMILES string of the molecule is CC(C(=O)NCCNC(=O)N(C)C)C1CNC1. The number of nitrogens with one attached hydrogen (secondary N) is 3. The molecule has 98 valence electrons. The van der Waals surface area contributed by atoms with Gasteiger partial charge in [0.2, 0.25) is 5.91 Å². The normalized spacial score (nSPS) is 16.9. The van der Waals surface area contributed by atoms with Crippen LogP contribution in [0.1, 0.15) is 6.92 Å². The summed E-state index contributed by atoms with van der Waals surface area (Å²) in [6.45, 7) is 4.72. The van der Waals surface area contributed by atoms with Gasteiger partial charge >= 0.3 is 6.03 Å². The number of amides is 3. The zero-order valence-corrected chi connectivity index (χ0v) is 10.7. The van der Waals surface area contributed by atoms with Crippen molar-refractivity contribution in [2.45, 2.75) is 6.92 Å². The molecule has 0 radical (unpaired) electrons. The molecule has 0 aromatic rings.